The van der Waals surface area contributed by atoms with Crippen LogP contribution in [0.3, 0.4) is 0 Å². The van der Waals surface area contributed by atoms with Gasteiger partial charge in [-0.25, -0.2) is 0 Å². The van der Waals surface area contributed by atoms with Gasteiger partial charge < -0.3 is 25.2 Å². The third-order valence-electron chi connectivity index (χ3n) is 6.96. The van der Waals surface area contributed by atoms with Gasteiger partial charge in [0.1, 0.15) is 11.6 Å². The number of aliphatic hydroxyl groups excluding tert-OH is 2. The molecular weight excluding hydrogens is 486 g/mol. The molecule has 2 aliphatic rings. The number of nitriles is 1. The molecule has 3 atom stereocenters. The van der Waals surface area contributed by atoms with E-state index in [1.807, 2.05) is 18.2 Å². The fraction of sp³-hybridized carbons (Fsp3) is 0.379. The van der Waals surface area contributed by atoms with E-state index >= 15 is 0 Å². The minimum atomic E-state index is -1.05. The van der Waals surface area contributed by atoms with Crippen LogP contribution in [0.4, 0.5) is 5.69 Å². The second-order valence-corrected chi connectivity index (χ2v) is 10.8. The molecule has 7 nitrogen and oxygen atoms in total. The normalized spacial score (nSPS) is 22.6. The quantitative estimate of drug-likeness (QED) is 0.330. The van der Waals surface area contributed by atoms with Crippen molar-refractivity contribution in [3.05, 3.63) is 59.0 Å². The van der Waals surface area contributed by atoms with Crippen LogP contribution in [0.2, 0.25) is 0 Å². The Morgan fingerprint density at radius 3 is 2.65 bits per heavy atom. The number of amides is 1. The molecule has 0 spiro atoms. The zero-order chi connectivity index (χ0) is 25.8. The highest BCUT2D eigenvalue weighted by atomic mass is 32.1. The smallest absolute Gasteiger partial charge is 0.262 e. The van der Waals surface area contributed by atoms with Gasteiger partial charge in [-0.05, 0) is 72.0 Å². The molecule has 3 unspecified atom stereocenters. The summed E-state index contributed by atoms with van der Waals surface area (Å²) in [5.74, 6) is -0.509. The number of anilines is 1. The molecular formula is C29H31N3O4S. The summed E-state index contributed by atoms with van der Waals surface area (Å²) in [6.45, 7) is 2.36. The van der Waals surface area contributed by atoms with E-state index in [-0.39, 0.29) is 18.5 Å². The number of rotatable bonds is 6. The van der Waals surface area contributed by atoms with Crippen molar-refractivity contribution in [2.75, 3.05) is 24.5 Å². The van der Waals surface area contributed by atoms with Gasteiger partial charge in [-0.15, -0.1) is 11.3 Å². The third-order valence-corrected chi connectivity index (χ3v) is 8.04. The standard InChI is InChI=1S/C29H31N3O4S/c30-17-22(29(35)31-18-25-15-24(33)16-28(34)36-25)14-26-8-9-27(37-26)21-5-4-20-13-23(7-6-19(20)12-21)32-10-2-1-3-11-32/h4-9,12-14,24-25,28,33-34H,1-3,10-11,15-16,18H2,(H,31,35)/b22-14+. The number of benzene rings is 2. The third kappa shape index (κ3) is 6.20. The van der Waals surface area contributed by atoms with Crippen LogP contribution in [-0.2, 0) is 9.53 Å². The zero-order valence-corrected chi connectivity index (χ0v) is 21.4. The van der Waals surface area contributed by atoms with Gasteiger partial charge in [-0.1, -0.05) is 18.2 Å². The number of piperidine rings is 1. The summed E-state index contributed by atoms with van der Waals surface area (Å²) in [4.78, 5) is 16.9. The van der Waals surface area contributed by atoms with Crippen LogP contribution in [-0.4, -0.2) is 54.3 Å². The van der Waals surface area contributed by atoms with Gasteiger partial charge in [0, 0.05) is 47.9 Å². The first kappa shape index (κ1) is 25.4. The molecule has 1 aromatic heterocycles. The summed E-state index contributed by atoms with van der Waals surface area (Å²) in [5.41, 5.74) is 2.37. The van der Waals surface area contributed by atoms with E-state index in [0.29, 0.717) is 6.42 Å². The van der Waals surface area contributed by atoms with Gasteiger partial charge in [-0.3, -0.25) is 4.79 Å². The number of thiophene rings is 1. The van der Waals surface area contributed by atoms with Crippen molar-refractivity contribution >= 4 is 39.8 Å². The molecule has 2 fully saturated rings. The molecule has 3 aromatic rings. The van der Waals surface area contributed by atoms with E-state index in [1.165, 1.54) is 47.1 Å². The highest BCUT2D eigenvalue weighted by molar-refractivity contribution is 7.16. The first-order valence-electron chi connectivity index (χ1n) is 12.8. The zero-order valence-electron chi connectivity index (χ0n) is 20.6. The number of aliphatic hydroxyl groups is 2. The van der Waals surface area contributed by atoms with Crippen LogP contribution >= 0.6 is 11.3 Å². The van der Waals surface area contributed by atoms with Crippen molar-refractivity contribution in [1.82, 2.24) is 5.32 Å². The number of ether oxygens (including phenoxy) is 1. The number of hydrogen-bond acceptors (Lipinski definition) is 7. The predicted molar refractivity (Wildman–Crippen MR) is 146 cm³/mol. The van der Waals surface area contributed by atoms with Gasteiger partial charge in [0.25, 0.3) is 5.91 Å². The molecule has 2 saturated heterocycles. The van der Waals surface area contributed by atoms with Crippen LogP contribution in [0.5, 0.6) is 0 Å². The Balaban J connectivity index is 1.26. The largest absolute Gasteiger partial charge is 0.393 e. The molecule has 0 bridgehead atoms. The number of hydrogen-bond donors (Lipinski definition) is 3. The molecule has 8 heteroatoms. The van der Waals surface area contributed by atoms with E-state index in [4.69, 9.17) is 4.74 Å². The van der Waals surface area contributed by atoms with Crippen LogP contribution in [0.25, 0.3) is 27.3 Å². The fourth-order valence-corrected chi connectivity index (χ4v) is 5.96. The highest BCUT2D eigenvalue weighted by Gasteiger charge is 2.27. The minimum Gasteiger partial charge on any atom is -0.393 e. The van der Waals surface area contributed by atoms with Crippen molar-refractivity contribution < 1.29 is 19.7 Å². The molecule has 5 rings (SSSR count). The van der Waals surface area contributed by atoms with E-state index in [0.717, 1.165) is 28.4 Å². The van der Waals surface area contributed by atoms with Gasteiger partial charge in [-0.2, -0.15) is 5.26 Å². The van der Waals surface area contributed by atoms with Crippen molar-refractivity contribution in [3.63, 3.8) is 0 Å². The Kier molecular flexibility index (Phi) is 7.87. The van der Waals surface area contributed by atoms with Crippen LogP contribution < -0.4 is 10.2 Å². The number of carbonyl (C=O) groups excluding carboxylic acids is 1. The monoisotopic (exact) mass is 517 g/mol. The Morgan fingerprint density at radius 1 is 1.08 bits per heavy atom. The van der Waals surface area contributed by atoms with Gasteiger partial charge in [0.2, 0.25) is 0 Å². The summed E-state index contributed by atoms with van der Waals surface area (Å²) in [7, 11) is 0. The van der Waals surface area contributed by atoms with E-state index in [1.54, 1.807) is 6.08 Å². The molecule has 1 amide bonds. The molecule has 0 radical (unpaired) electrons. The molecule has 0 saturated carbocycles. The van der Waals surface area contributed by atoms with E-state index in [2.05, 4.69) is 46.6 Å². The van der Waals surface area contributed by atoms with Gasteiger partial charge >= 0.3 is 0 Å². The summed E-state index contributed by atoms with van der Waals surface area (Å²) in [5, 5.41) is 34.0. The van der Waals surface area contributed by atoms with Crippen molar-refractivity contribution in [3.8, 4) is 16.5 Å². The van der Waals surface area contributed by atoms with Crippen LogP contribution in [0.1, 0.15) is 37.0 Å². The average molecular weight is 518 g/mol. The van der Waals surface area contributed by atoms with Crippen molar-refractivity contribution in [1.29, 1.82) is 5.26 Å². The number of nitrogens with zero attached hydrogens (tertiary/aromatic N) is 2. The topological polar surface area (TPSA) is 106 Å². The summed E-state index contributed by atoms with van der Waals surface area (Å²) < 4.78 is 5.34. The second kappa shape index (κ2) is 11.4. The summed E-state index contributed by atoms with van der Waals surface area (Å²) in [6.07, 6.45) is 3.67. The lowest BCUT2D eigenvalue weighted by Crippen LogP contribution is -2.42. The lowest BCUT2D eigenvalue weighted by Gasteiger charge is -2.30. The van der Waals surface area contributed by atoms with Crippen LogP contribution in [0, 0.1) is 11.3 Å². The van der Waals surface area contributed by atoms with Gasteiger partial charge in [0.05, 0.1) is 12.2 Å². The molecule has 2 aromatic carbocycles. The second-order valence-electron chi connectivity index (χ2n) is 9.71. The lowest BCUT2D eigenvalue weighted by atomic mass is 10.0. The van der Waals surface area contributed by atoms with E-state index in [9.17, 15) is 20.3 Å². The Bertz CT molecular complexity index is 1330. The molecule has 2 aliphatic heterocycles. The SMILES string of the molecule is N#C/C(=C\c1ccc(-c2ccc3cc(N4CCCCC4)ccc3c2)s1)C(=O)NCC1CC(O)CC(O)O1. The molecule has 0 aliphatic carbocycles. The van der Waals surface area contributed by atoms with E-state index < -0.39 is 24.4 Å². The Hall–Kier alpha value is -3.22. The molecule has 3 N–H and O–H groups in total. The highest BCUT2D eigenvalue weighted by Crippen LogP contribution is 2.33. The number of fused-ring (bicyclic) bond motifs is 1. The maximum Gasteiger partial charge on any atom is 0.262 e. The minimum absolute atomic E-state index is 0.00550. The van der Waals surface area contributed by atoms with Crippen LogP contribution in [0.15, 0.2) is 54.1 Å². The Labute approximate surface area is 220 Å². The first-order chi connectivity index (χ1) is 18.0. The van der Waals surface area contributed by atoms with Gasteiger partial charge in [0.15, 0.2) is 6.29 Å². The van der Waals surface area contributed by atoms with Crippen molar-refractivity contribution in [2.24, 2.45) is 0 Å². The predicted octanol–water partition coefficient (Wildman–Crippen LogP) is 4.44. The Morgan fingerprint density at radius 2 is 1.86 bits per heavy atom. The number of nitrogens with one attached hydrogen (secondary N) is 1. The summed E-state index contributed by atoms with van der Waals surface area (Å²) >= 11 is 1.52. The fourth-order valence-electron chi connectivity index (χ4n) is 5.01. The molecule has 192 valence electrons. The first-order valence-corrected chi connectivity index (χ1v) is 13.6. The molecule has 37 heavy (non-hydrogen) atoms. The molecule has 3 heterocycles. The maximum absolute atomic E-state index is 12.6. The lowest BCUT2D eigenvalue weighted by molar-refractivity contribution is -0.187. The number of carbonyl (C=O) groups is 1. The maximum atomic E-state index is 12.6. The average Bonchev–Trinajstić information content (AvgIpc) is 3.38. The van der Waals surface area contributed by atoms with Crippen molar-refractivity contribution in [2.45, 2.75) is 50.6 Å². The summed E-state index contributed by atoms with van der Waals surface area (Å²) in [6, 6.07) is 19.0.